The molecule has 0 unspecified atom stereocenters. The molecule has 0 saturated carbocycles. The van der Waals surface area contributed by atoms with Gasteiger partial charge in [0, 0.05) is 11.3 Å². The first-order valence-electron chi connectivity index (χ1n) is 7.29. The molecule has 0 aliphatic rings. The number of rotatable bonds is 5. The molecule has 0 fully saturated rings. The van der Waals surface area contributed by atoms with E-state index in [0.29, 0.717) is 27.7 Å². The van der Waals surface area contributed by atoms with Crippen molar-refractivity contribution in [1.82, 2.24) is 10.2 Å². The molecule has 5 nitrogen and oxygen atoms in total. The highest BCUT2D eigenvalue weighted by atomic mass is 32.2. The number of anilines is 1. The van der Waals surface area contributed by atoms with Crippen molar-refractivity contribution in [3.8, 4) is 6.07 Å². The smallest absolute Gasteiger partial charge is 0.256 e. The van der Waals surface area contributed by atoms with Crippen molar-refractivity contribution in [3.05, 3.63) is 77.4 Å². The lowest BCUT2D eigenvalue weighted by atomic mass is 10.2. The fourth-order valence-electron chi connectivity index (χ4n) is 2.13. The van der Waals surface area contributed by atoms with Gasteiger partial charge >= 0.3 is 0 Å². The second kappa shape index (κ2) is 7.49. The summed E-state index contributed by atoms with van der Waals surface area (Å²) in [7, 11) is 0. The van der Waals surface area contributed by atoms with Crippen LogP contribution in [0.5, 0.6) is 0 Å². The molecule has 0 saturated heterocycles. The molecule has 2 N–H and O–H groups in total. The summed E-state index contributed by atoms with van der Waals surface area (Å²) in [4.78, 5) is 12.2. The number of benzene rings is 2. The van der Waals surface area contributed by atoms with Crippen LogP contribution >= 0.6 is 11.8 Å². The molecule has 24 heavy (non-hydrogen) atoms. The number of thioether (sulfide) groups is 1. The monoisotopic (exact) mass is 334 g/mol. The molecule has 1 amide bonds. The van der Waals surface area contributed by atoms with Gasteiger partial charge in [-0.3, -0.25) is 9.89 Å². The van der Waals surface area contributed by atoms with E-state index in [0.717, 1.165) is 5.56 Å². The van der Waals surface area contributed by atoms with Crippen molar-refractivity contribution in [3.63, 3.8) is 0 Å². The molecule has 0 aliphatic heterocycles. The lowest BCUT2D eigenvalue weighted by Crippen LogP contribution is -2.12. The van der Waals surface area contributed by atoms with Crippen LogP contribution in [0.3, 0.4) is 0 Å². The third-order valence-corrected chi connectivity index (χ3v) is 4.38. The molecule has 0 spiro atoms. The Morgan fingerprint density at radius 3 is 2.46 bits per heavy atom. The van der Waals surface area contributed by atoms with Crippen LogP contribution in [0.15, 0.2) is 65.7 Å². The van der Waals surface area contributed by atoms with Crippen molar-refractivity contribution >= 4 is 23.5 Å². The summed E-state index contributed by atoms with van der Waals surface area (Å²) in [5.74, 6) is 0.740. The summed E-state index contributed by atoms with van der Waals surface area (Å²) >= 11 is 1.45. The molecule has 1 heterocycles. The first-order chi connectivity index (χ1) is 11.8. The lowest BCUT2D eigenvalue weighted by Gasteiger charge is -2.03. The van der Waals surface area contributed by atoms with Crippen LogP contribution in [0.2, 0.25) is 0 Å². The standard InChI is InChI=1S/C18H14N4OS/c19-11-15-16(20-17(23)14-9-5-2-6-10-14)21-22-18(15)24-12-13-7-3-1-4-8-13/h1-10H,12H2,(H2,20,21,22,23). The number of nitrogens with one attached hydrogen (secondary N) is 2. The highest BCUT2D eigenvalue weighted by molar-refractivity contribution is 7.98. The van der Waals surface area contributed by atoms with Gasteiger partial charge in [-0.15, -0.1) is 0 Å². The van der Waals surface area contributed by atoms with Crippen LogP contribution in [-0.4, -0.2) is 16.1 Å². The number of aromatic amines is 1. The average molecular weight is 334 g/mol. The summed E-state index contributed by atoms with van der Waals surface area (Å²) in [6.45, 7) is 0. The first-order valence-corrected chi connectivity index (χ1v) is 8.28. The maximum Gasteiger partial charge on any atom is 0.256 e. The Bertz CT molecular complexity index is 869. The highest BCUT2D eigenvalue weighted by Crippen LogP contribution is 2.28. The van der Waals surface area contributed by atoms with E-state index in [1.807, 2.05) is 36.4 Å². The van der Waals surface area contributed by atoms with Crippen LogP contribution in [0.4, 0.5) is 5.82 Å². The SMILES string of the molecule is N#Cc1c(SCc2ccccc2)n[nH]c1NC(=O)c1ccccc1. The van der Waals surface area contributed by atoms with Crippen molar-refractivity contribution in [1.29, 1.82) is 5.26 Å². The first kappa shape index (κ1) is 15.8. The zero-order valence-corrected chi connectivity index (χ0v) is 13.5. The number of carbonyl (C=O) groups is 1. The largest absolute Gasteiger partial charge is 0.306 e. The predicted octanol–water partition coefficient (Wildman–Crippen LogP) is 3.83. The average Bonchev–Trinajstić information content (AvgIpc) is 3.03. The Morgan fingerprint density at radius 1 is 1.12 bits per heavy atom. The van der Waals surface area contributed by atoms with Crippen molar-refractivity contribution in [2.75, 3.05) is 5.32 Å². The number of nitriles is 1. The van der Waals surface area contributed by atoms with E-state index in [2.05, 4.69) is 21.6 Å². The molecule has 6 heteroatoms. The second-order valence-corrected chi connectivity index (χ2v) is 5.95. The van der Waals surface area contributed by atoms with Crippen LogP contribution < -0.4 is 5.32 Å². The molecule has 0 aliphatic carbocycles. The van der Waals surface area contributed by atoms with E-state index in [1.54, 1.807) is 24.3 Å². The molecule has 3 rings (SSSR count). The minimum Gasteiger partial charge on any atom is -0.306 e. The topological polar surface area (TPSA) is 81.6 Å². The van der Waals surface area contributed by atoms with Gasteiger partial charge in [0.25, 0.3) is 5.91 Å². The fourth-order valence-corrected chi connectivity index (χ4v) is 3.02. The van der Waals surface area contributed by atoms with Crippen molar-refractivity contribution in [2.45, 2.75) is 10.8 Å². The quantitative estimate of drug-likeness (QED) is 0.695. The maximum atomic E-state index is 12.2. The zero-order valence-electron chi connectivity index (χ0n) is 12.7. The molecule has 0 bridgehead atoms. The van der Waals surface area contributed by atoms with E-state index in [-0.39, 0.29) is 5.91 Å². The van der Waals surface area contributed by atoms with E-state index in [9.17, 15) is 10.1 Å². The predicted molar refractivity (Wildman–Crippen MR) is 93.7 cm³/mol. The molecule has 0 radical (unpaired) electrons. The number of amides is 1. The number of hydrogen-bond donors (Lipinski definition) is 2. The minimum absolute atomic E-state index is 0.282. The highest BCUT2D eigenvalue weighted by Gasteiger charge is 2.16. The minimum atomic E-state index is -0.282. The Kier molecular flexibility index (Phi) is 4.94. The number of H-pyrrole nitrogens is 1. The third kappa shape index (κ3) is 3.65. The summed E-state index contributed by atoms with van der Waals surface area (Å²) in [5.41, 5.74) is 2.01. The van der Waals surface area contributed by atoms with Crippen molar-refractivity contribution in [2.24, 2.45) is 0 Å². The zero-order chi connectivity index (χ0) is 16.8. The van der Waals surface area contributed by atoms with Gasteiger partial charge in [0.15, 0.2) is 0 Å². The van der Waals surface area contributed by atoms with Gasteiger partial charge in [-0.25, -0.2) is 0 Å². The molecular weight excluding hydrogens is 320 g/mol. The fraction of sp³-hybridized carbons (Fsp3) is 0.0556. The summed E-state index contributed by atoms with van der Waals surface area (Å²) in [6.07, 6.45) is 0. The third-order valence-electron chi connectivity index (χ3n) is 3.34. The molecular formula is C18H14N4OS. The molecule has 1 aromatic heterocycles. The lowest BCUT2D eigenvalue weighted by molar-refractivity contribution is 0.102. The van der Waals surface area contributed by atoms with Crippen LogP contribution in [0, 0.1) is 11.3 Å². The van der Waals surface area contributed by atoms with Crippen LogP contribution in [-0.2, 0) is 5.75 Å². The van der Waals surface area contributed by atoms with Gasteiger partial charge in [0.05, 0.1) is 0 Å². The Labute approximate surface area is 143 Å². The number of aromatic nitrogens is 2. The number of nitrogens with zero attached hydrogens (tertiary/aromatic N) is 2. The normalized spacial score (nSPS) is 10.1. The maximum absolute atomic E-state index is 12.2. The molecule has 0 atom stereocenters. The van der Waals surface area contributed by atoms with Gasteiger partial charge < -0.3 is 5.32 Å². The van der Waals surface area contributed by atoms with Crippen LogP contribution in [0.25, 0.3) is 0 Å². The summed E-state index contributed by atoms with van der Waals surface area (Å²) < 4.78 is 0. The van der Waals surface area contributed by atoms with E-state index in [4.69, 9.17) is 0 Å². The Morgan fingerprint density at radius 2 is 1.79 bits per heavy atom. The summed E-state index contributed by atoms with van der Waals surface area (Å²) in [6, 6.07) is 20.9. The van der Waals surface area contributed by atoms with E-state index >= 15 is 0 Å². The van der Waals surface area contributed by atoms with Gasteiger partial charge in [0.1, 0.15) is 22.5 Å². The molecule has 2 aromatic carbocycles. The van der Waals surface area contributed by atoms with Gasteiger partial charge in [-0.05, 0) is 17.7 Å². The Hall–Kier alpha value is -3.04. The van der Waals surface area contributed by atoms with Gasteiger partial charge in [0.2, 0.25) is 0 Å². The van der Waals surface area contributed by atoms with Crippen LogP contribution in [0.1, 0.15) is 21.5 Å². The molecule has 118 valence electrons. The number of carbonyl (C=O) groups excluding carboxylic acids is 1. The van der Waals surface area contributed by atoms with Crippen molar-refractivity contribution < 1.29 is 4.79 Å². The van der Waals surface area contributed by atoms with E-state index < -0.39 is 0 Å². The van der Waals surface area contributed by atoms with Gasteiger partial charge in [-0.1, -0.05) is 60.3 Å². The molecule has 3 aromatic rings. The number of hydrogen-bond acceptors (Lipinski definition) is 4. The summed E-state index contributed by atoms with van der Waals surface area (Å²) in [5, 5.41) is 19.6. The Balaban J connectivity index is 1.73. The second-order valence-electron chi connectivity index (χ2n) is 4.98. The van der Waals surface area contributed by atoms with Gasteiger partial charge in [-0.2, -0.15) is 10.4 Å². The van der Waals surface area contributed by atoms with E-state index in [1.165, 1.54) is 11.8 Å².